The number of aromatic amines is 3. The number of hydrogen-bond donors (Lipinski definition) is 8. The maximum Gasteiger partial charge on any atom is 0.303 e. The largest absolute Gasteiger partial charge is 0.481 e. The van der Waals surface area contributed by atoms with Crippen LogP contribution in [0.2, 0.25) is 0 Å². The molecule has 12 nitrogen and oxygen atoms in total. The Balaban J connectivity index is 1.82. The highest BCUT2D eigenvalue weighted by Crippen LogP contribution is 2.44. The molecule has 3 aromatic heterocycles. The van der Waals surface area contributed by atoms with E-state index in [9.17, 15) is 39.6 Å². The van der Waals surface area contributed by atoms with Crippen LogP contribution in [0, 0.1) is 26.2 Å². The van der Waals surface area contributed by atoms with Crippen molar-refractivity contribution < 1.29 is 39.6 Å². The fourth-order valence-electron chi connectivity index (χ4n) is 6.90. The molecule has 1 saturated heterocycles. The van der Waals surface area contributed by atoms with Crippen molar-refractivity contribution in [3.8, 4) is 0 Å². The third kappa shape index (κ3) is 7.17. The molecule has 8 N–H and O–H groups in total. The predicted molar refractivity (Wildman–Crippen MR) is 180 cm³/mol. The molecule has 0 aromatic carbocycles. The van der Waals surface area contributed by atoms with Crippen LogP contribution >= 0.6 is 0 Å². The molecule has 2 aliphatic heterocycles. The summed E-state index contributed by atoms with van der Waals surface area (Å²) in [7, 11) is 0. The summed E-state index contributed by atoms with van der Waals surface area (Å²) in [6, 6.07) is 0. The first-order chi connectivity index (χ1) is 22.6. The normalized spacial score (nSPS) is 16.8. The van der Waals surface area contributed by atoms with Gasteiger partial charge in [-0.25, -0.2) is 0 Å². The molecule has 48 heavy (non-hydrogen) atoms. The molecule has 254 valence electrons. The third-order valence-electron chi connectivity index (χ3n) is 9.72. The van der Waals surface area contributed by atoms with Gasteiger partial charge < -0.3 is 40.7 Å². The molecule has 8 bridgehead atoms. The minimum absolute atomic E-state index is 0.0369. The Kier molecular flexibility index (Phi) is 9.56. The number of aliphatic carboxylic acids is 4. The third-order valence-corrected chi connectivity index (χ3v) is 9.72. The molecule has 3 aromatic rings. The van der Waals surface area contributed by atoms with Gasteiger partial charge in [0.25, 0.3) is 0 Å². The molecule has 1 fully saturated rings. The standard InChI is InChI=1S/C36H42N4O8/c1-18-22(5-8-32(41)42)28-14-26-19(2)23(6-9-33(43)44)29(39-26)15-27-20(3)24(7-10-34(45)46)30(40-27)16-31-36(4,12-11-35(47)48)17-21(37-31)13-25(18)38-28/h13-16,37-40H,5-12,17H2,1-4H3,(H,41,42)(H,43,44)(H,45,46)(H,47,48). The van der Waals surface area contributed by atoms with Crippen LogP contribution in [0.1, 0.15) is 102 Å². The zero-order chi connectivity index (χ0) is 34.9. The van der Waals surface area contributed by atoms with Gasteiger partial charge in [-0.1, -0.05) is 6.92 Å². The van der Waals surface area contributed by atoms with Gasteiger partial charge >= 0.3 is 23.9 Å². The van der Waals surface area contributed by atoms with Gasteiger partial charge in [-0.3, -0.25) is 19.2 Å². The topological polar surface area (TPSA) is 209 Å². The van der Waals surface area contributed by atoms with Gasteiger partial charge in [0.1, 0.15) is 0 Å². The minimum Gasteiger partial charge on any atom is -0.481 e. The molecule has 5 heterocycles. The van der Waals surface area contributed by atoms with Crippen molar-refractivity contribution in [2.24, 2.45) is 5.41 Å². The van der Waals surface area contributed by atoms with Crippen molar-refractivity contribution in [1.82, 2.24) is 20.3 Å². The Bertz CT molecular complexity index is 2000. The second kappa shape index (κ2) is 13.5. The first kappa shape index (κ1) is 34.1. The summed E-state index contributed by atoms with van der Waals surface area (Å²) in [6.45, 7) is 7.80. The Hall–Kier alpha value is -5.26. The number of aromatic nitrogens is 3. The lowest BCUT2D eigenvalue weighted by molar-refractivity contribution is -0.138. The van der Waals surface area contributed by atoms with E-state index in [1.54, 1.807) is 0 Å². The van der Waals surface area contributed by atoms with Crippen molar-refractivity contribution in [1.29, 1.82) is 0 Å². The maximum atomic E-state index is 11.7. The van der Waals surface area contributed by atoms with E-state index in [1.165, 1.54) is 0 Å². The maximum absolute atomic E-state index is 11.7. The smallest absolute Gasteiger partial charge is 0.303 e. The van der Waals surface area contributed by atoms with Crippen LogP contribution in [0.15, 0.2) is 11.4 Å². The van der Waals surface area contributed by atoms with Gasteiger partial charge in [0.15, 0.2) is 0 Å². The first-order valence-electron chi connectivity index (χ1n) is 16.1. The number of allylic oxidation sites excluding steroid dienone is 2. The summed E-state index contributed by atoms with van der Waals surface area (Å²) < 4.78 is 0. The molecule has 1 unspecified atom stereocenters. The van der Waals surface area contributed by atoms with Crippen LogP contribution in [0.4, 0.5) is 0 Å². The fraction of sp³-hybridized carbons (Fsp3) is 0.389. The second-order valence-electron chi connectivity index (χ2n) is 13.1. The Morgan fingerprint density at radius 1 is 0.604 bits per heavy atom. The van der Waals surface area contributed by atoms with E-state index in [-0.39, 0.29) is 38.5 Å². The van der Waals surface area contributed by atoms with Gasteiger partial charge in [0, 0.05) is 76.0 Å². The van der Waals surface area contributed by atoms with E-state index in [4.69, 9.17) is 0 Å². The van der Waals surface area contributed by atoms with E-state index in [0.29, 0.717) is 30.3 Å². The van der Waals surface area contributed by atoms with E-state index in [0.717, 1.165) is 67.2 Å². The molecule has 0 aliphatic carbocycles. The number of carbonyl (C=O) groups is 4. The van der Waals surface area contributed by atoms with Crippen molar-refractivity contribution in [3.05, 3.63) is 78.2 Å². The molecule has 5 rings (SSSR count). The Morgan fingerprint density at radius 3 is 1.62 bits per heavy atom. The highest BCUT2D eigenvalue weighted by molar-refractivity contribution is 5.72. The molecule has 0 saturated carbocycles. The molecule has 0 radical (unpaired) electrons. The Morgan fingerprint density at radius 2 is 1.08 bits per heavy atom. The highest BCUT2D eigenvalue weighted by atomic mass is 16.4. The predicted octanol–water partition coefficient (Wildman–Crippen LogP) is 3.87. The lowest BCUT2D eigenvalue weighted by Crippen LogP contribution is -2.19. The average Bonchev–Trinajstić information content (AvgIpc) is 3.66. The number of carboxylic acid groups (broad SMARTS) is 4. The van der Waals surface area contributed by atoms with E-state index in [2.05, 4.69) is 20.3 Å². The van der Waals surface area contributed by atoms with Crippen LogP contribution in [-0.2, 0) is 38.4 Å². The van der Waals surface area contributed by atoms with Crippen LogP contribution in [0.25, 0.3) is 24.3 Å². The molecular weight excluding hydrogens is 616 g/mol. The summed E-state index contributed by atoms with van der Waals surface area (Å²) >= 11 is 0. The SMILES string of the molecule is Cc1c2[nH]c(c1CCC(=O)O)C=C1NC(=Cc3[nH]c(c(CCC(=O)O)c3C)C=c3[nH]c(c(CCC(=O)O)c3C)=C2)CC1(C)CCC(=O)O. The molecule has 0 amide bonds. The summed E-state index contributed by atoms with van der Waals surface area (Å²) in [5, 5.41) is 43.1. The zero-order valence-corrected chi connectivity index (χ0v) is 27.6. The summed E-state index contributed by atoms with van der Waals surface area (Å²) in [5.41, 5.74) is 9.21. The second-order valence-corrected chi connectivity index (χ2v) is 13.1. The van der Waals surface area contributed by atoms with Crippen LogP contribution in [0.5, 0.6) is 0 Å². The Labute approximate surface area is 277 Å². The van der Waals surface area contributed by atoms with Gasteiger partial charge in [-0.15, -0.1) is 0 Å². The van der Waals surface area contributed by atoms with Crippen LogP contribution in [0.3, 0.4) is 0 Å². The minimum atomic E-state index is -0.923. The fourth-order valence-corrected chi connectivity index (χ4v) is 6.90. The van der Waals surface area contributed by atoms with Crippen molar-refractivity contribution in [2.45, 2.75) is 85.5 Å². The van der Waals surface area contributed by atoms with Gasteiger partial charge in [0.05, 0.1) is 0 Å². The molecule has 1 atom stereocenters. The van der Waals surface area contributed by atoms with Gasteiger partial charge in [0.2, 0.25) is 0 Å². The van der Waals surface area contributed by atoms with E-state index >= 15 is 0 Å². The number of carboxylic acids is 4. The summed E-state index contributed by atoms with van der Waals surface area (Å²) in [6.07, 6.45) is 9.29. The van der Waals surface area contributed by atoms with Crippen molar-refractivity contribution in [3.63, 3.8) is 0 Å². The summed E-state index contributed by atoms with van der Waals surface area (Å²) in [4.78, 5) is 57.0. The lowest BCUT2D eigenvalue weighted by Gasteiger charge is -2.23. The van der Waals surface area contributed by atoms with E-state index in [1.807, 2.05) is 52.0 Å². The number of nitrogens with one attached hydrogen (secondary N) is 4. The van der Waals surface area contributed by atoms with Crippen molar-refractivity contribution >= 4 is 48.2 Å². The van der Waals surface area contributed by atoms with E-state index < -0.39 is 29.3 Å². The molecular formula is C36H42N4O8. The zero-order valence-electron chi connectivity index (χ0n) is 27.6. The summed E-state index contributed by atoms with van der Waals surface area (Å²) in [5.74, 6) is -3.65. The number of hydrogen-bond acceptors (Lipinski definition) is 5. The average molecular weight is 659 g/mol. The molecule has 0 spiro atoms. The quantitative estimate of drug-likeness (QED) is 0.142. The lowest BCUT2D eigenvalue weighted by atomic mass is 9.80. The highest BCUT2D eigenvalue weighted by Gasteiger charge is 2.37. The molecule has 2 aliphatic rings. The van der Waals surface area contributed by atoms with Gasteiger partial charge in [-0.2, -0.15) is 0 Å². The van der Waals surface area contributed by atoms with Gasteiger partial charge in [-0.05, 0) is 111 Å². The number of rotatable bonds is 12. The first-order valence-corrected chi connectivity index (χ1v) is 16.1. The monoisotopic (exact) mass is 658 g/mol. The van der Waals surface area contributed by atoms with Crippen LogP contribution in [-0.4, -0.2) is 59.3 Å². The molecule has 12 heteroatoms. The van der Waals surface area contributed by atoms with Crippen molar-refractivity contribution in [2.75, 3.05) is 0 Å². The van der Waals surface area contributed by atoms with Crippen LogP contribution < -0.4 is 16.0 Å². The number of fused-ring (bicyclic) bond motifs is 8. The number of H-pyrrole nitrogens is 3.